The van der Waals surface area contributed by atoms with Crippen molar-refractivity contribution in [3.05, 3.63) is 34.2 Å². The Balaban J connectivity index is 2.09. The molecule has 0 spiro atoms. The van der Waals surface area contributed by atoms with Crippen LogP contribution in [0.4, 0.5) is 5.69 Å². The van der Waals surface area contributed by atoms with Crippen molar-refractivity contribution in [1.82, 2.24) is 4.98 Å². The largest absolute Gasteiger partial charge is 0.440 e. The molecule has 1 aromatic heterocycles. The van der Waals surface area contributed by atoms with Gasteiger partial charge in [0.1, 0.15) is 5.52 Å². The molecule has 0 amide bonds. The van der Waals surface area contributed by atoms with Crippen LogP contribution in [0.15, 0.2) is 22.6 Å². The summed E-state index contributed by atoms with van der Waals surface area (Å²) in [5, 5.41) is 10.6. The maximum Gasteiger partial charge on any atom is 0.273 e. The lowest BCUT2D eigenvalue weighted by molar-refractivity contribution is -0.384. The summed E-state index contributed by atoms with van der Waals surface area (Å²) >= 11 is 0. The molecule has 1 aromatic carbocycles. The van der Waals surface area contributed by atoms with Crippen molar-refractivity contribution in [2.24, 2.45) is 0 Å². The number of benzene rings is 1. The summed E-state index contributed by atoms with van der Waals surface area (Å²) in [5.74, 6) is 0.668. The van der Waals surface area contributed by atoms with Crippen molar-refractivity contribution >= 4 is 16.8 Å². The second-order valence-electron chi connectivity index (χ2n) is 4.33. The van der Waals surface area contributed by atoms with Crippen molar-refractivity contribution in [3.8, 4) is 0 Å². The first-order valence-corrected chi connectivity index (χ1v) is 6.24. The molecule has 5 heteroatoms. The minimum Gasteiger partial charge on any atom is -0.440 e. The highest BCUT2D eigenvalue weighted by Crippen LogP contribution is 2.22. The van der Waals surface area contributed by atoms with Crippen LogP contribution in [0.5, 0.6) is 0 Å². The maximum atomic E-state index is 10.6. The van der Waals surface area contributed by atoms with E-state index >= 15 is 0 Å². The molecule has 0 saturated carbocycles. The first kappa shape index (κ1) is 12.5. The van der Waals surface area contributed by atoms with Crippen molar-refractivity contribution in [2.45, 2.75) is 39.0 Å². The van der Waals surface area contributed by atoms with Gasteiger partial charge in [-0.25, -0.2) is 4.98 Å². The molecule has 2 aromatic rings. The van der Waals surface area contributed by atoms with Crippen molar-refractivity contribution in [3.63, 3.8) is 0 Å². The molecular formula is C13H16N2O3. The predicted molar refractivity (Wildman–Crippen MR) is 68.5 cm³/mol. The molecule has 18 heavy (non-hydrogen) atoms. The van der Waals surface area contributed by atoms with Crippen LogP contribution in [0.1, 0.15) is 38.5 Å². The zero-order valence-electron chi connectivity index (χ0n) is 10.4. The van der Waals surface area contributed by atoms with Crippen molar-refractivity contribution < 1.29 is 9.34 Å². The normalized spacial score (nSPS) is 10.9. The highest BCUT2D eigenvalue weighted by molar-refractivity contribution is 5.75. The number of nitro groups is 1. The number of aryl methyl sites for hydroxylation is 1. The summed E-state index contributed by atoms with van der Waals surface area (Å²) in [6.07, 6.45) is 5.41. The van der Waals surface area contributed by atoms with E-state index in [-0.39, 0.29) is 5.69 Å². The molecule has 0 N–H and O–H groups in total. The van der Waals surface area contributed by atoms with E-state index in [2.05, 4.69) is 11.9 Å². The number of nitro benzene ring substituents is 1. The van der Waals surface area contributed by atoms with E-state index in [1.807, 2.05) is 0 Å². The Morgan fingerprint density at radius 3 is 2.89 bits per heavy atom. The number of non-ortho nitro benzene ring substituents is 1. The number of oxazole rings is 1. The molecule has 0 radical (unpaired) electrons. The molecular weight excluding hydrogens is 232 g/mol. The average molecular weight is 248 g/mol. The smallest absolute Gasteiger partial charge is 0.273 e. The number of nitrogens with zero attached hydrogens (tertiary/aromatic N) is 2. The van der Waals surface area contributed by atoms with Gasteiger partial charge >= 0.3 is 0 Å². The lowest BCUT2D eigenvalue weighted by Crippen LogP contribution is -1.86. The third-order valence-electron chi connectivity index (χ3n) is 2.87. The lowest BCUT2D eigenvalue weighted by atomic mass is 10.1. The number of rotatable bonds is 6. The second-order valence-corrected chi connectivity index (χ2v) is 4.33. The molecule has 0 aliphatic carbocycles. The monoisotopic (exact) mass is 248 g/mol. The van der Waals surface area contributed by atoms with Gasteiger partial charge in [-0.15, -0.1) is 0 Å². The molecule has 0 fully saturated rings. The molecule has 0 atom stereocenters. The zero-order valence-corrected chi connectivity index (χ0v) is 10.4. The van der Waals surface area contributed by atoms with Crippen LogP contribution in [0, 0.1) is 10.1 Å². The summed E-state index contributed by atoms with van der Waals surface area (Å²) in [6.45, 7) is 2.17. The van der Waals surface area contributed by atoms with E-state index in [1.54, 1.807) is 6.07 Å². The summed E-state index contributed by atoms with van der Waals surface area (Å²) < 4.78 is 5.52. The number of aromatic nitrogens is 1. The first-order chi connectivity index (χ1) is 8.70. The lowest BCUT2D eigenvalue weighted by Gasteiger charge is -1.94. The van der Waals surface area contributed by atoms with Gasteiger partial charge in [-0.3, -0.25) is 10.1 Å². The van der Waals surface area contributed by atoms with Crippen molar-refractivity contribution in [2.75, 3.05) is 0 Å². The van der Waals surface area contributed by atoms with Gasteiger partial charge in [-0.05, 0) is 12.5 Å². The Bertz CT molecular complexity index is 548. The van der Waals surface area contributed by atoms with Gasteiger partial charge in [0.15, 0.2) is 11.5 Å². The van der Waals surface area contributed by atoms with E-state index in [0.717, 1.165) is 19.3 Å². The Morgan fingerprint density at radius 1 is 1.33 bits per heavy atom. The van der Waals surface area contributed by atoms with E-state index < -0.39 is 4.92 Å². The van der Waals surface area contributed by atoms with Gasteiger partial charge in [-0.2, -0.15) is 0 Å². The Hall–Kier alpha value is -1.91. The zero-order chi connectivity index (χ0) is 13.0. The minimum absolute atomic E-state index is 0.0381. The first-order valence-electron chi connectivity index (χ1n) is 6.24. The van der Waals surface area contributed by atoms with E-state index in [0.29, 0.717) is 17.0 Å². The van der Waals surface area contributed by atoms with Gasteiger partial charge in [-0.1, -0.05) is 26.2 Å². The van der Waals surface area contributed by atoms with Crippen LogP contribution in [0.3, 0.4) is 0 Å². The molecule has 2 rings (SSSR count). The van der Waals surface area contributed by atoms with E-state index in [9.17, 15) is 10.1 Å². The number of hydrogen-bond donors (Lipinski definition) is 0. The van der Waals surface area contributed by atoms with Crippen LogP contribution in [-0.2, 0) is 6.42 Å². The van der Waals surface area contributed by atoms with Gasteiger partial charge in [0.05, 0.1) is 11.0 Å². The molecule has 5 nitrogen and oxygen atoms in total. The molecule has 0 bridgehead atoms. The van der Waals surface area contributed by atoms with Gasteiger partial charge in [0.2, 0.25) is 0 Å². The fourth-order valence-corrected chi connectivity index (χ4v) is 1.88. The van der Waals surface area contributed by atoms with E-state index in [1.165, 1.54) is 25.0 Å². The van der Waals surface area contributed by atoms with Gasteiger partial charge in [0.25, 0.3) is 5.69 Å². The van der Waals surface area contributed by atoms with E-state index in [4.69, 9.17) is 4.42 Å². The summed E-state index contributed by atoms with van der Waals surface area (Å²) in [5.41, 5.74) is 1.22. The summed E-state index contributed by atoms with van der Waals surface area (Å²) in [4.78, 5) is 14.5. The van der Waals surface area contributed by atoms with Gasteiger partial charge < -0.3 is 4.42 Å². The fourth-order valence-electron chi connectivity index (χ4n) is 1.88. The van der Waals surface area contributed by atoms with Crippen LogP contribution in [0.2, 0.25) is 0 Å². The molecule has 0 saturated heterocycles. The third-order valence-corrected chi connectivity index (χ3v) is 2.87. The SMILES string of the molecule is CCCCCCc1nc2ccc([N+](=O)[O-])cc2o1. The Kier molecular flexibility index (Phi) is 3.92. The molecule has 0 aliphatic rings. The molecule has 0 aliphatic heterocycles. The molecule has 0 unspecified atom stereocenters. The molecule has 1 heterocycles. The topological polar surface area (TPSA) is 69.2 Å². The number of fused-ring (bicyclic) bond motifs is 1. The predicted octanol–water partition coefficient (Wildman–Crippen LogP) is 3.86. The average Bonchev–Trinajstić information content (AvgIpc) is 2.76. The summed E-state index contributed by atoms with van der Waals surface area (Å²) in [7, 11) is 0. The maximum absolute atomic E-state index is 10.6. The molecule has 96 valence electrons. The standard InChI is InChI=1S/C13H16N2O3/c1-2-3-4-5-6-13-14-11-8-7-10(15(16)17)9-12(11)18-13/h7-9H,2-6H2,1H3. The highest BCUT2D eigenvalue weighted by atomic mass is 16.6. The fraction of sp³-hybridized carbons (Fsp3) is 0.462. The Morgan fingerprint density at radius 2 is 2.17 bits per heavy atom. The number of hydrogen-bond acceptors (Lipinski definition) is 4. The van der Waals surface area contributed by atoms with Crippen LogP contribution in [-0.4, -0.2) is 9.91 Å². The van der Waals surface area contributed by atoms with Crippen LogP contribution in [0.25, 0.3) is 11.1 Å². The quantitative estimate of drug-likeness (QED) is 0.442. The minimum atomic E-state index is -0.428. The third kappa shape index (κ3) is 2.85. The number of unbranched alkanes of at least 4 members (excludes halogenated alkanes) is 3. The van der Waals surface area contributed by atoms with Crippen molar-refractivity contribution in [1.29, 1.82) is 0 Å². The second kappa shape index (κ2) is 5.62. The summed E-state index contributed by atoms with van der Waals surface area (Å²) in [6, 6.07) is 4.51. The van der Waals surface area contributed by atoms with Crippen LogP contribution < -0.4 is 0 Å². The Labute approximate surface area is 105 Å². The van der Waals surface area contributed by atoms with Gasteiger partial charge in [0, 0.05) is 12.5 Å². The van der Waals surface area contributed by atoms with Crippen LogP contribution >= 0.6 is 0 Å². The highest BCUT2D eigenvalue weighted by Gasteiger charge is 2.11.